The van der Waals surface area contributed by atoms with Gasteiger partial charge in [-0.3, -0.25) is 9.59 Å². The largest absolute Gasteiger partial charge is 0.342 e. The number of fused-ring (bicyclic) bond motifs is 1. The van der Waals surface area contributed by atoms with Crippen molar-refractivity contribution >= 4 is 23.2 Å². The number of nitrogens with one attached hydrogen (secondary N) is 1. The summed E-state index contributed by atoms with van der Waals surface area (Å²) in [7, 11) is 0. The summed E-state index contributed by atoms with van der Waals surface area (Å²) in [6.45, 7) is 10.1. The lowest BCUT2D eigenvalue weighted by Crippen LogP contribution is -2.34. The van der Waals surface area contributed by atoms with Gasteiger partial charge >= 0.3 is 0 Å². The molecule has 8 heteroatoms. The number of carbonyl (C=O) groups excluding carboxylic acids is 2. The monoisotopic (exact) mass is 465 g/mol. The number of carbonyl (C=O) groups is 2. The summed E-state index contributed by atoms with van der Waals surface area (Å²) < 4.78 is 2.09. The highest BCUT2D eigenvalue weighted by atomic mass is 32.1. The molecule has 174 valence electrons. The van der Waals surface area contributed by atoms with Crippen molar-refractivity contribution < 1.29 is 9.59 Å². The van der Waals surface area contributed by atoms with E-state index in [9.17, 15) is 9.59 Å². The summed E-state index contributed by atoms with van der Waals surface area (Å²) in [5.41, 5.74) is 2.78. The number of aryl methyl sites for hydroxylation is 2. The second kappa shape index (κ2) is 9.87. The standard InChI is InChI=1S/C25H31N5O2S/c1-16(2)12-20(26-24(31)19-14-17(3)13-18(4)15-19)23-28-27-22-7-8-29(9-10-30(22)23)25(32)21-6-5-11-33-21/h5-6,11,13-16,20H,7-10,12H2,1-4H3,(H,26,31)/t20-/m0/s1. The first-order valence-corrected chi connectivity index (χ1v) is 12.3. The van der Waals surface area contributed by atoms with Gasteiger partial charge in [-0.05, 0) is 49.8 Å². The van der Waals surface area contributed by atoms with Crippen LogP contribution in [0.3, 0.4) is 0 Å². The molecule has 3 heterocycles. The van der Waals surface area contributed by atoms with E-state index >= 15 is 0 Å². The number of benzene rings is 1. The van der Waals surface area contributed by atoms with Crippen molar-refractivity contribution in [3.8, 4) is 0 Å². The summed E-state index contributed by atoms with van der Waals surface area (Å²) in [5, 5.41) is 14.1. The topological polar surface area (TPSA) is 80.1 Å². The van der Waals surface area contributed by atoms with Gasteiger partial charge in [0.2, 0.25) is 0 Å². The van der Waals surface area contributed by atoms with Crippen LogP contribution < -0.4 is 5.32 Å². The zero-order valence-corrected chi connectivity index (χ0v) is 20.5. The molecule has 0 unspecified atom stereocenters. The minimum Gasteiger partial charge on any atom is -0.342 e. The number of rotatable bonds is 6. The van der Waals surface area contributed by atoms with Gasteiger partial charge in [0.1, 0.15) is 5.82 Å². The molecule has 0 saturated carbocycles. The highest BCUT2D eigenvalue weighted by Gasteiger charge is 2.28. The maximum atomic E-state index is 13.1. The van der Waals surface area contributed by atoms with Crippen LogP contribution in [0.1, 0.15) is 69.1 Å². The van der Waals surface area contributed by atoms with E-state index in [0.29, 0.717) is 37.5 Å². The molecule has 0 bridgehead atoms. The Morgan fingerprint density at radius 3 is 2.52 bits per heavy atom. The molecule has 0 aliphatic carbocycles. The van der Waals surface area contributed by atoms with Crippen molar-refractivity contribution in [2.45, 2.75) is 53.1 Å². The Bertz CT molecular complexity index is 1120. The molecule has 0 radical (unpaired) electrons. The van der Waals surface area contributed by atoms with Crippen LogP contribution in [-0.2, 0) is 13.0 Å². The number of thiophene rings is 1. The van der Waals surface area contributed by atoms with Crippen molar-refractivity contribution in [3.05, 3.63) is 68.9 Å². The maximum Gasteiger partial charge on any atom is 0.263 e. The number of hydrogen-bond acceptors (Lipinski definition) is 5. The number of hydrogen-bond donors (Lipinski definition) is 1. The summed E-state index contributed by atoms with van der Waals surface area (Å²) in [4.78, 5) is 28.6. The van der Waals surface area contributed by atoms with Crippen LogP contribution in [0, 0.1) is 19.8 Å². The van der Waals surface area contributed by atoms with E-state index in [1.165, 1.54) is 11.3 Å². The zero-order valence-electron chi connectivity index (χ0n) is 19.7. The van der Waals surface area contributed by atoms with Gasteiger partial charge in [-0.1, -0.05) is 37.1 Å². The predicted octanol–water partition coefficient (Wildman–Crippen LogP) is 4.17. The fraction of sp³-hybridized carbons (Fsp3) is 0.440. The molecule has 2 aromatic heterocycles. The van der Waals surface area contributed by atoms with Crippen LogP contribution in [-0.4, -0.2) is 44.6 Å². The van der Waals surface area contributed by atoms with Crippen LogP contribution in [0.25, 0.3) is 0 Å². The molecular formula is C25H31N5O2S. The molecule has 1 aromatic carbocycles. The average Bonchev–Trinajstić information content (AvgIpc) is 3.38. The lowest BCUT2D eigenvalue weighted by Gasteiger charge is -2.22. The second-order valence-electron chi connectivity index (χ2n) is 9.18. The first-order valence-electron chi connectivity index (χ1n) is 11.5. The van der Waals surface area contributed by atoms with Crippen LogP contribution in [0.15, 0.2) is 35.7 Å². The second-order valence-corrected chi connectivity index (χ2v) is 10.1. The molecule has 1 N–H and O–H groups in total. The third-order valence-electron chi connectivity index (χ3n) is 5.88. The molecule has 2 amide bonds. The Hall–Kier alpha value is -3.00. The third kappa shape index (κ3) is 5.33. The SMILES string of the molecule is Cc1cc(C)cc(C(=O)N[C@@H](CC(C)C)c2nnc3n2CCN(C(=O)c2cccs2)CC3)c1. The molecule has 0 fully saturated rings. The number of amides is 2. The van der Waals surface area contributed by atoms with Crippen LogP contribution in [0.5, 0.6) is 0 Å². The Morgan fingerprint density at radius 2 is 1.85 bits per heavy atom. The summed E-state index contributed by atoms with van der Waals surface area (Å²) >= 11 is 1.47. The number of aromatic nitrogens is 3. The third-order valence-corrected chi connectivity index (χ3v) is 6.74. The molecule has 1 atom stereocenters. The minimum absolute atomic E-state index is 0.0621. The molecule has 7 nitrogen and oxygen atoms in total. The zero-order chi connectivity index (χ0) is 23.5. The molecule has 3 aromatic rings. The predicted molar refractivity (Wildman–Crippen MR) is 130 cm³/mol. The molecule has 1 aliphatic heterocycles. The fourth-order valence-corrected chi connectivity index (χ4v) is 5.10. The smallest absolute Gasteiger partial charge is 0.263 e. The van der Waals surface area contributed by atoms with Gasteiger partial charge in [-0.25, -0.2) is 0 Å². The number of nitrogens with zero attached hydrogens (tertiary/aromatic N) is 4. The van der Waals surface area contributed by atoms with Gasteiger partial charge in [0, 0.05) is 31.6 Å². The Labute approximate surface area is 198 Å². The Balaban J connectivity index is 1.55. The maximum absolute atomic E-state index is 13.1. The van der Waals surface area contributed by atoms with Crippen molar-refractivity contribution in [2.24, 2.45) is 5.92 Å². The van der Waals surface area contributed by atoms with Gasteiger partial charge in [0.05, 0.1) is 10.9 Å². The molecule has 0 saturated heterocycles. The molecule has 4 rings (SSSR count). The van der Waals surface area contributed by atoms with Crippen molar-refractivity contribution in [1.29, 1.82) is 0 Å². The van der Waals surface area contributed by atoms with Crippen LogP contribution in [0.2, 0.25) is 0 Å². The van der Waals surface area contributed by atoms with Gasteiger partial charge in [0.15, 0.2) is 5.82 Å². The van der Waals surface area contributed by atoms with Crippen molar-refractivity contribution in [2.75, 3.05) is 13.1 Å². The van der Waals surface area contributed by atoms with Crippen LogP contribution in [0.4, 0.5) is 0 Å². The highest BCUT2D eigenvalue weighted by molar-refractivity contribution is 7.12. The van der Waals surface area contributed by atoms with E-state index in [1.54, 1.807) is 0 Å². The lowest BCUT2D eigenvalue weighted by molar-refractivity contribution is 0.0763. The Morgan fingerprint density at radius 1 is 1.09 bits per heavy atom. The van der Waals surface area contributed by atoms with Crippen molar-refractivity contribution in [1.82, 2.24) is 25.0 Å². The Kier molecular flexibility index (Phi) is 6.93. The first-order chi connectivity index (χ1) is 15.8. The minimum atomic E-state index is -0.251. The normalized spacial score (nSPS) is 14.6. The van der Waals surface area contributed by atoms with E-state index in [0.717, 1.165) is 34.1 Å². The van der Waals surface area contributed by atoms with E-state index < -0.39 is 0 Å². The lowest BCUT2D eigenvalue weighted by atomic mass is 10.0. The fourth-order valence-electron chi connectivity index (χ4n) is 4.41. The average molecular weight is 466 g/mol. The summed E-state index contributed by atoms with van der Waals surface area (Å²) in [5.74, 6) is 1.95. The molecule has 0 spiro atoms. The van der Waals surface area contributed by atoms with Gasteiger partial charge in [-0.15, -0.1) is 21.5 Å². The quantitative estimate of drug-likeness (QED) is 0.592. The van der Waals surface area contributed by atoms with Crippen LogP contribution >= 0.6 is 11.3 Å². The first kappa shape index (κ1) is 23.2. The van der Waals surface area contributed by atoms with Gasteiger partial charge in [0.25, 0.3) is 11.8 Å². The summed E-state index contributed by atoms with van der Waals surface area (Å²) in [6, 6.07) is 9.39. The molecular weight excluding hydrogens is 434 g/mol. The van der Waals surface area contributed by atoms with E-state index in [4.69, 9.17) is 0 Å². The van der Waals surface area contributed by atoms with Gasteiger partial charge in [-0.2, -0.15) is 0 Å². The molecule has 1 aliphatic rings. The van der Waals surface area contributed by atoms with Gasteiger partial charge < -0.3 is 14.8 Å². The van der Waals surface area contributed by atoms with E-state index in [2.05, 4.69) is 40.0 Å². The van der Waals surface area contributed by atoms with Crippen molar-refractivity contribution in [3.63, 3.8) is 0 Å². The summed E-state index contributed by atoms with van der Waals surface area (Å²) in [6.07, 6.45) is 1.40. The highest BCUT2D eigenvalue weighted by Crippen LogP contribution is 2.24. The van der Waals surface area contributed by atoms with E-state index in [1.807, 2.05) is 48.4 Å². The van der Waals surface area contributed by atoms with E-state index in [-0.39, 0.29) is 17.9 Å². The molecule has 33 heavy (non-hydrogen) atoms.